The van der Waals surface area contributed by atoms with Crippen LogP contribution < -0.4 is 5.32 Å². The molecular weight excluding hydrogens is 298 g/mol. The van der Waals surface area contributed by atoms with Crippen LogP contribution in [-0.2, 0) is 0 Å². The average molecular weight is 319 g/mol. The molecule has 1 rings (SSSR count). The first kappa shape index (κ1) is 15.0. The molecule has 0 spiro atoms. The Bertz CT molecular complexity index is 352. The van der Waals surface area contributed by atoms with E-state index in [9.17, 15) is 0 Å². The van der Waals surface area contributed by atoms with Crippen molar-refractivity contribution >= 4 is 27.5 Å². The highest BCUT2D eigenvalue weighted by Crippen LogP contribution is 2.30. The van der Waals surface area contributed by atoms with Crippen LogP contribution in [0.2, 0.25) is 5.02 Å². The van der Waals surface area contributed by atoms with Crippen molar-refractivity contribution in [2.45, 2.75) is 39.7 Å². The lowest BCUT2D eigenvalue weighted by Crippen LogP contribution is -2.21. The van der Waals surface area contributed by atoms with Gasteiger partial charge < -0.3 is 5.32 Å². The molecule has 0 radical (unpaired) electrons. The van der Waals surface area contributed by atoms with Gasteiger partial charge in [0.25, 0.3) is 0 Å². The summed E-state index contributed by atoms with van der Waals surface area (Å²) >= 11 is 9.68. The summed E-state index contributed by atoms with van der Waals surface area (Å²) in [5, 5.41) is 4.34. The minimum absolute atomic E-state index is 0.385. The molecule has 0 aliphatic rings. The maximum absolute atomic E-state index is 6.08. The van der Waals surface area contributed by atoms with Crippen LogP contribution in [0.3, 0.4) is 0 Å². The minimum atomic E-state index is 0.385. The van der Waals surface area contributed by atoms with Crippen LogP contribution in [0.25, 0.3) is 0 Å². The van der Waals surface area contributed by atoms with Crippen molar-refractivity contribution in [2.24, 2.45) is 5.92 Å². The van der Waals surface area contributed by atoms with Gasteiger partial charge in [0.2, 0.25) is 0 Å². The fraction of sp³-hybridized carbons (Fsp3) is 0.571. The average Bonchev–Trinajstić information content (AvgIpc) is 2.27. The van der Waals surface area contributed by atoms with E-state index in [1.807, 2.05) is 12.1 Å². The van der Waals surface area contributed by atoms with Crippen LogP contribution in [0.5, 0.6) is 0 Å². The lowest BCUT2D eigenvalue weighted by Gasteiger charge is -2.21. The molecule has 3 heteroatoms. The summed E-state index contributed by atoms with van der Waals surface area (Å²) in [6.07, 6.45) is 2.36. The first-order chi connectivity index (χ1) is 8.04. The maximum Gasteiger partial charge on any atom is 0.0410 e. The van der Waals surface area contributed by atoms with Gasteiger partial charge in [-0.2, -0.15) is 0 Å². The second-order valence-electron chi connectivity index (χ2n) is 4.75. The van der Waals surface area contributed by atoms with Gasteiger partial charge >= 0.3 is 0 Å². The van der Waals surface area contributed by atoms with E-state index < -0.39 is 0 Å². The third kappa shape index (κ3) is 4.99. The van der Waals surface area contributed by atoms with E-state index in [-0.39, 0.29) is 0 Å². The number of halogens is 2. The Kier molecular flexibility index (Phi) is 6.53. The van der Waals surface area contributed by atoms with Crippen molar-refractivity contribution in [1.82, 2.24) is 5.32 Å². The zero-order chi connectivity index (χ0) is 12.8. The quantitative estimate of drug-likeness (QED) is 0.761. The lowest BCUT2D eigenvalue weighted by atomic mass is 9.97. The normalized spacial score (nSPS) is 13.1. The van der Waals surface area contributed by atoms with E-state index >= 15 is 0 Å². The highest BCUT2D eigenvalue weighted by Gasteiger charge is 2.14. The molecule has 1 aromatic rings. The molecule has 0 aliphatic heterocycles. The van der Waals surface area contributed by atoms with Gasteiger partial charge in [-0.1, -0.05) is 48.3 Å². The molecule has 1 nitrogen and oxygen atoms in total. The fourth-order valence-corrected chi connectivity index (χ4v) is 2.60. The van der Waals surface area contributed by atoms with E-state index in [0.29, 0.717) is 6.04 Å². The van der Waals surface area contributed by atoms with Gasteiger partial charge in [-0.15, -0.1) is 0 Å². The Balaban J connectivity index is 2.84. The third-order valence-electron chi connectivity index (χ3n) is 2.82. The van der Waals surface area contributed by atoms with Crippen molar-refractivity contribution in [3.8, 4) is 0 Å². The van der Waals surface area contributed by atoms with Gasteiger partial charge in [-0.3, -0.25) is 0 Å². The van der Waals surface area contributed by atoms with Gasteiger partial charge in [-0.25, -0.2) is 0 Å². The smallest absolute Gasteiger partial charge is 0.0410 e. The van der Waals surface area contributed by atoms with E-state index in [0.717, 1.165) is 28.4 Å². The van der Waals surface area contributed by atoms with Crippen molar-refractivity contribution < 1.29 is 0 Å². The zero-order valence-corrected chi connectivity index (χ0v) is 13.1. The summed E-state index contributed by atoms with van der Waals surface area (Å²) in [7, 11) is 0. The number of hydrogen-bond acceptors (Lipinski definition) is 1. The predicted molar refractivity (Wildman–Crippen MR) is 79.6 cm³/mol. The first-order valence-corrected chi connectivity index (χ1v) is 7.40. The molecule has 0 saturated carbocycles. The van der Waals surface area contributed by atoms with Gasteiger partial charge in [-0.05, 0) is 49.1 Å². The monoisotopic (exact) mass is 317 g/mol. The van der Waals surface area contributed by atoms with Crippen LogP contribution >= 0.6 is 27.5 Å². The van der Waals surface area contributed by atoms with Crippen LogP contribution in [0.4, 0.5) is 0 Å². The van der Waals surface area contributed by atoms with Crippen molar-refractivity contribution in [3.05, 3.63) is 33.3 Å². The largest absolute Gasteiger partial charge is 0.310 e. The Hall–Kier alpha value is -0.0500. The Morgan fingerprint density at radius 2 is 2.00 bits per heavy atom. The van der Waals surface area contributed by atoms with Crippen molar-refractivity contribution in [1.29, 1.82) is 0 Å². The van der Waals surface area contributed by atoms with Crippen LogP contribution in [0, 0.1) is 5.92 Å². The molecule has 96 valence electrons. The maximum atomic E-state index is 6.08. The molecule has 1 aromatic carbocycles. The third-order valence-corrected chi connectivity index (χ3v) is 3.77. The van der Waals surface area contributed by atoms with Gasteiger partial charge in [0.1, 0.15) is 0 Å². The molecule has 17 heavy (non-hydrogen) atoms. The molecule has 0 saturated heterocycles. The van der Waals surface area contributed by atoms with E-state index in [1.165, 1.54) is 12.0 Å². The number of nitrogens with one attached hydrogen (secondary N) is 1. The Labute approximate surface area is 118 Å². The lowest BCUT2D eigenvalue weighted by molar-refractivity contribution is 0.447. The van der Waals surface area contributed by atoms with Crippen molar-refractivity contribution in [2.75, 3.05) is 6.54 Å². The van der Waals surface area contributed by atoms with Crippen molar-refractivity contribution in [3.63, 3.8) is 0 Å². The van der Waals surface area contributed by atoms with E-state index in [4.69, 9.17) is 11.6 Å². The molecule has 0 aromatic heterocycles. The molecule has 0 heterocycles. The van der Waals surface area contributed by atoms with Gasteiger partial charge in [0, 0.05) is 15.5 Å². The molecule has 1 N–H and O–H groups in total. The topological polar surface area (TPSA) is 12.0 Å². The van der Waals surface area contributed by atoms with Crippen LogP contribution in [-0.4, -0.2) is 6.54 Å². The second kappa shape index (κ2) is 7.40. The minimum Gasteiger partial charge on any atom is -0.310 e. The number of benzene rings is 1. The molecule has 0 bridgehead atoms. The SMILES string of the molecule is CCNC(CCC(C)C)c1cc(Cl)ccc1Br. The van der Waals surface area contributed by atoms with Gasteiger partial charge in [0.15, 0.2) is 0 Å². The summed E-state index contributed by atoms with van der Waals surface area (Å²) in [5.74, 6) is 0.731. The highest BCUT2D eigenvalue weighted by molar-refractivity contribution is 9.10. The highest BCUT2D eigenvalue weighted by atomic mass is 79.9. The number of hydrogen-bond donors (Lipinski definition) is 1. The molecule has 0 fully saturated rings. The molecule has 0 aliphatic carbocycles. The Morgan fingerprint density at radius 1 is 1.29 bits per heavy atom. The predicted octanol–water partition coefficient (Wildman–Crippen LogP) is 5.19. The molecule has 0 amide bonds. The standard InChI is InChI=1S/C14H21BrClN/c1-4-17-14(8-5-10(2)3)12-9-11(16)6-7-13(12)15/h6-7,9-10,14,17H,4-5,8H2,1-3H3. The number of rotatable bonds is 6. The summed E-state index contributed by atoms with van der Waals surface area (Å²) in [6.45, 7) is 7.63. The summed E-state index contributed by atoms with van der Waals surface area (Å²) < 4.78 is 1.14. The van der Waals surface area contributed by atoms with Gasteiger partial charge in [0.05, 0.1) is 0 Å². The molecule has 1 unspecified atom stereocenters. The Morgan fingerprint density at radius 3 is 2.59 bits per heavy atom. The fourth-order valence-electron chi connectivity index (χ4n) is 1.90. The first-order valence-electron chi connectivity index (χ1n) is 6.23. The molecule has 1 atom stereocenters. The summed E-state index contributed by atoms with van der Waals surface area (Å²) in [6, 6.07) is 6.38. The zero-order valence-electron chi connectivity index (χ0n) is 10.8. The van der Waals surface area contributed by atoms with Crippen LogP contribution in [0.15, 0.2) is 22.7 Å². The second-order valence-corrected chi connectivity index (χ2v) is 6.04. The molecular formula is C14H21BrClN. The van der Waals surface area contributed by atoms with E-state index in [1.54, 1.807) is 0 Å². The summed E-state index contributed by atoms with van der Waals surface area (Å²) in [4.78, 5) is 0. The van der Waals surface area contributed by atoms with Crippen LogP contribution in [0.1, 0.15) is 45.2 Å². The van der Waals surface area contributed by atoms with E-state index in [2.05, 4.69) is 48.1 Å². The summed E-state index contributed by atoms with van der Waals surface area (Å²) in [5.41, 5.74) is 1.26.